The highest BCUT2D eigenvalue weighted by atomic mass is 16.5. The molecule has 1 aromatic rings. The standard InChI is InChI=1S/C9H15N3O2/c1-12-8(10-6-11-12)5-9(13)3-7(4-9)14-2/h6-7,13H,3-5H2,1-2H3. The summed E-state index contributed by atoms with van der Waals surface area (Å²) in [5.74, 6) is 0.821. The van der Waals surface area contributed by atoms with Crippen molar-refractivity contribution in [3.05, 3.63) is 12.2 Å². The fourth-order valence-corrected chi connectivity index (χ4v) is 1.87. The van der Waals surface area contributed by atoms with Gasteiger partial charge in [-0.1, -0.05) is 0 Å². The van der Waals surface area contributed by atoms with E-state index in [1.807, 2.05) is 7.05 Å². The number of aliphatic hydroxyl groups is 1. The highest BCUT2D eigenvalue weighted by Gasteiger charge is 2.43. The van der Waals surface area contributed by atoms with E-state index < -0.39 is 5.60 Å². The van der Waals surface area contributed by atoms with Gasteiger partial charge in [0.05, 0.1) is 11.7 Å². The van der Waals surface area contributed by atoms with E-state index >= 15 is 0 Å². The number of hydrogen-bond donors (Lipinski definition) is 1. The molecule has 1 heterocycles. The number of hydrogen-bond acceptors (Lipinski definition) is 4. The Labute approximate surface area is 82.7 Å². The van der Waals surface area contributed by atoms with Crippen molar-refractivity contribution in [3.8, 4) is 0 Å². The number of aryl methyl sites for hydroxylation is 1. The molecule has 0 spiro atoms. The zero-order valence-corrected chi connectivity index (χ0v) is 8.47. The van der Waals surface area contributed by atoms with Gasteiger partial charge < -0.3 is 9.84 Å². The highest BCUT2D eigenvalue weighted by molar-refractivity contribution is 5.02. The van der Waals surface area contributed by atoms with E-state index in [1.165, 1.54) is 6.33 Å². The lowest BCUT2D eigenvalue weighted by molar-refractivity contribution is -0.127. The molecule has 1 aliphatic rings. The van der Waals surface area contributed by atoms with Crippen LogP contribution in [0.5, 0.6) is 0 Å². The van der Waals surface area contributed by atoms with Crippen LogP contribution in [0.3, 0.4) is 0 Å². The minimum Gasteiger partial charge on any atom is -0.389 e. The number of nitrogens with zero attached hydrogens (tertiary/aromatic N) is 3. The summed E-state index contributed by atoms with van der Waals surface area (Å²) >= 11 is 0. The third-order valence-electron chi connectivity index (χ3n) is 2.84. The lowest BCUT2D eigenvalue weighted by Gasteiger charge is -2.42. The molecule has 1 aromatic heterocycles. The van der Waals surface area contributed by atoms with Crippen LogP contribution in [0.25, 0.3) is 0 Å². The summed E-state index contributed by atoms with van der Waals surface area (Å²) in [7, 11) is 3.50. The first-order valence-corrected chi connectivity index (χ1v) is 4.71. The van der Waals surface area contributed by atoms with Crippen LogP contribution in [0.2, 0.25) is 0 Å². The first kappa shape index (κ1) is 9.61. The molecule has 5 heteroatoms. The lowest BCUT2D eigenvalue weighted by Crippen LogP contribution is -2.49. The maximum absolute atomic E-state index is 10.0. The van der Waals surface area contributed by atoms with Crippen LogP contribution in [0.15, 0.2) is 6.33 Å². The average molecular weight is 197 g/mol. The van der Waals surface area contributed by atoms with Crippen LogP contribution in [-0.4, -0.2) is 38.7 Å². The van der Waals surface area contributed by atoms with Crippen LogP contribution in [0.4, 0.5) is 0 Å². The number of ether oxygens (including phenoxy) is 1. The maximum atomic E-state index is 10.0. The van der Waals surface area contributed by atoms with Gasteiger partial charge in [-0.3, -0.25) is 4.68 Å². The predicted octanol–water partition coefficient (Wildman–Crippen LogP) is -0.103. The molecule has 0 radical (unpaired) electrons. The van der Waals surface area contributed by atoms with Gasteiger partial charge in [-0.25, -0.2) is 4.98 Å². The van der Waals surface area contributed by atoms with Crippen molar-refractivity contribution >= 4 is 0 Å². The first-order chi connectivity index (χ1) is 6.63. The molecular weight excluding hydrogens is 182 g/mol. The predicted molar refractivity (Wildman–Crippen MR) is 49.7 cm³/mol. The molecule has 1 aliphatic carbocycles. The second-order valence-corrected chi connectivity index (χ2v) is 3.97. The van der Waals surface area contributed by atoms with Crippen molar-refractivity contribution in [1.29, 1.82) is 0 Å². The largest absolute Gasteiger partial charge is 0.389 e. The van der Waals surface area contributed by atoms with Gasteiger partial charge in [-0.05, 0) is 0 Å². The quantitative estimate of drug-likeness (QED) is 0.735. The Kier molecular flexibility index (Phi) is 2.28. The Morgan fingerprint density at radius 3 is 2.93 bits per heavy atom. The molecule has 1 saturated carbocycles. The van der Waals surface area contributed by atoms with E-state index in [0.29, 0.717) is 19.3 Å². The van der Waals surface area contributed by atoms with Gasteiger partial charge in [0.2, 0.25) is 0 Å². The van der Waals surface area contributed by atoms with E-state index in [9.17, 15) is 5.11 Å². The zero-order valence-electron chi connectivity index (χ0n) is 8.47. The second-order valence-electron chi connectivity index (χ2n) is 3.97. The molecule has 1 fully saturated rings. The molecule has 0 amide bonds. The number of methoxy groups -OCH3 is 1. The number of rotatable bonds is 3. The first-order valence-electron chi connectivity index (χ1n) is 4.71. The van der Waals surface area contributed by atoms with Crippen molar-refractivity contribution in [3.63, 3.8) is 0 Å². The minimum atomic E-state index is -0.637. The normalized spacial score (nSPS) is 31.5. The second kappa shape index (κ2) is 3.33. The van der Waals surface area contributed by atoms with Gasteiger partial charge in [-0.2, -0.15) is 5.10 Å². The Hall–Kier alpha value is -0.940. The van der Waals surface area contributed by atoms with E-state index in [4.69, 9.17) is 4.74 Å². The summed E-state index contributed by atoms with van der Waals surface area (Å²) in [5.41, 5.74) is -0.637. The SMILES string of the molecule is COC1CC(O)(Cc2ncnn2C)C1. The topological polar surface area (TPSA) is 60.2 Å². The summed E-state index contributed by atoms with van der Waals surface area (Å²) in [6, 6.07) is 0. The van der Waals surface area contributed by atoms with E-state index in [2.05, 4.69) is 10.1 Å². The van der Waals surface area contributed by atoms with E-state index in [-0.39, 0.29) is 6.10 Å². The number of aromatic nitrogens is 3. The van der Waals surface area contributed by atoms with Gasteiger partial charge in [0.15, 0.2) is 0 Å². The molecule has 14 heavy (non-hydrogen) atoms. The van der Waals surface area contributed by atoms with Crippen LogP contribution in [0, 0.1) is 0 Å². The molecule has 0 bridgehead atoms. The van der Waals surface area contributed by atoms with Crippen molar-refractivity contribution in [2.75, 3.05) is 7.11 Å². The minimum absolute atomic E-state index is 0.202. The molecule has 0 aliphatic heterocycles. The Morgan fingerprint density at radius 1 is 1.71 bits per heavy atom. The van der Waals surface area contributed by atoms with E-state index in [1.54, 1.807) is 11.8 Å². The fourth-order valence-electron chi connectivity index (χ4n) is 1.87. The van der Waals surface area contributed by atoms with Gasteiger partial charge in [0.1, 0.15) is 12.2 Å². The fraction of sp³-hybridized carbons (Fsp3) is 0.778. The Morgan fingerprint density at radius 2 is 2.43 bits per heavy atom. The van der Waals surface area contributed by atoms with Gasteiger partial charge in [-0.15, -0.1) is 0 Å². The Balaban J connectivity index is 1.96. The molecule has 1 N–H and O–H groups in total. The lowest BCUT2D eigenvalue weighted by atomic mass is 9.75. The zero-order chi connectivity index (χ0) is 10.2. The van der Waals surface area contributed by atoms with Crippen molar-refractivity contribution in [2.45, 2.75) is 31.0 Å². The monoisotopic (exact) mass is 197 g/mol. The van der Waals surface area contributed by atoms with Crippen molar-refractivity contribution < 1.29 is 9.84 Å². The summed E-state index contributed by atoms with van der Waals surface area (Å²) < 4.78 is 6.82. The van der Waals surface area contributed by atoms with Crippen molar-refractivity contribution in [2.24, 2.45) is 7.05 Å². The third-order valence-corrected chi connectivity index (χ3v) is 2.84. The summed E-state index contributed by atoms with van der Waals surface area (Å²) in [6.07, 6.45) is 3.65. The highest BCUT2D eigenvalue weighted by Crippen LogP contribution is 2.36. The summed E-state index contributed by atoms with van der Waals surface area (Å²) in [4.78, 5) is 4.08. The van der Waals surface area contributed by atoms with Gasteiger partial charge in [0, 0.05) is 33.4 Å². The summed E-state index contributed by atoms with van der Waals surface area (Å²) in [5, 5.41) is 14.0. The van der Waals surface area contributed by atoms with E-state index in [0.717, 1.165) is 5.82 Å². The van der Waals surface area contributed by atoms with Gasteiger partial charge in [0.25, 0.3) is 0 Å². The molecule has 0 aromatic carbocycles. The summed E-state index contributed by atoms with van der Waals surface area (Å²) in [6.45, 7) is 0. The maximum Gasteiger partial charge on any atom is 0.138 e. The molecular formula is C9H15N3O2. The van der Waals surface area contributed by atoms with Crippen LogP contribution < -0.4 is 0 Å². The van der Waals surface area contributed by atoms with Gasteiger partial charge >= 0.3 is 0 Å². The van der Waals surface area contributed by atoms with Crippen LogP contribution >= 0.6 is 0 Å². The van der Waals surface area contributed by atoms with Crippen LogP contribution in [0.1, 0.15) is 18.7 Å². The van der Waals surface area contributed by atoms with Crippen LogP contribution in [-0.2, 0) is 18.2 Å². The molecule has 2 rings (SSSR count). The molecule has 0 unspecified atom stereocenters. The average Bonchev–Trinajstić information content (AvgIpc) is 2.47. The Bertz CT molecular complexity index is 318. The molecule has 0 atom stereocenters. The molecule has 78 valence electrons. The molecule has 0 saturated heterocycles. The molecule has 5 nitrogen and oxygen atoms in total. The smallest absolute Gasteiger partial charge is 0.138 e. The third kappa shape index (κ3) is 1.65. The van der Waals surface area contributed by atoms with Crippen molar-refractivity contribution in [1.82, 2.24) is 14.8 Å².